The number of hydrogen-bond donors (Lipinski definition) is 1. The van der Waals surface area contributed by atoms with Crippen LogP contribution in [0.3, 0.4) is 0 Å². The summed E-state index contributed by atoms with van der Waals surface area (Å²) < 4.78 is 10.6. The van der Waals surface area contributed by atoms with Gasteiger partial charge in [-0.05, 0) is 31.0 Å². The van der Waals surface area contributed by atoms with Gasteiger partial charge >= 0.3 is 6.09 Å². The molecule has 0 saturated carbocycles. The Balaban J connectivity index is 1.58. The lowest BCUT2D eigenvalue weighted by Gasteiger charge is -2.25. The second-order valence-electron chi connectivity index (χ2n) is 6.29. The van der Waals surface area contributed by atoms with E-state index < -0.39 is 5.91 Å². The SMILES string of the molecule is CCOC(=O)N1CCc2c(sc(NC(=O)c3cc4ccccc4o3)c2C#N)C1. The van der Waals surface area contributed by atoms with E-state index in [2.05, 4.69) is 11.4 Å². The number of carbonyl (C=O) groups excluding carboxylic acids is 2. The van der Waals surface area contributed by atoms with Crippen molar-refractivity contribution in [1.82, 2.24) is 4.90 Å². The quantitative estimate of drug-likeness (QED) is 0.719. The number of amides is 2. The molecule has 0 radical (unpaired) electrons. The third-order valence-electron chi connectivity index (χ3n) is 4.57. The number of carbonyl (C=O) groups is 2. The predicted octanol–water partition coefficient (Wildman–Crippen LogP) is 4.13. The van der Waals surface area contributed by atoms with E-state index in [-0.39, 0.29) is 11.9 Å². The maximum atomic E-state index is 12.6. The molecule has 1 aromatic carbocycles. The van der Waals surface area contributed by atoms with Crippen molar-refractivity contribution in [3.05, 3.63) is 52.1 Å². The molecule has 0 saturated heterocycles. The number of nitrogens with one attached hydrogen (secondary N) is 1. The van der Waals surface area contributed by atoms with Gasteiger partial charge < -0.3 is 19.4 Å². The fourth-order valence-electron chi connectivity index (χ4n) is 3.24. The number of benzene rings is 1. The molecule has 0 spiro atoms. The molecule has 142 valence electrons. The first-order chi connectivity index (χ1) is 13.6. The van der Waals surface area contributed by atoms with E-state index in [9.17, 15) is 14.9 Å². The first-order valence-corrected chi connectivity index (χ1v) is 9.68. The maximum Gasteiger partial charge on any atom is 0.410 e. The largest absolute Gasteiger partial charge is 0.451 e. The number of nitrogens with zero attached hydrogens (tertiary/aromatic N) is 2. The van der Waals surface area contributed by atoms with Crippen LogP contribution >= 0.6 is 11.3 Å². The van der Waals surface area contributed by atoms with Gasteiger partial charge in [0, 0.05) is 16.8 Å². The fraction of sp³-hybridized carbons (Fsp3) is 0.250. The molecule has 0 atom stereocenters. The van der Waals surface area contributed by atoms with Crippen LogP contribution in [0.4, 0.5) is 9.80 Å². The highest BCUT2D eigenvalue weighted by atomic mass is 32.1. The minimum atomic E-state index is -0.409. The van der Waals surface area contributed by atoms with Crippen LogP contribution in [0.5, 0.6) is 0 Å². The normalized spacial score (nSPS) is 13.1. The molecule has 2 amide bonds. The van der Waals surface area contributed by atoms with E-state index in [1.54, 1.807) is 24.0 Å². The van der Waals surface area contributed by atoms with E-state index in [0.29, 0.717) is 42.3 Å². The number of rotatable bonds is 3. The van der Waals surface area contributed by atoms with Crippen LogP contribution in [0.2, 0.25) is 0 Å². The average molecular weight is 395 g/mol. The molecule has 1 aliphatic heterocycles. The van der Waals surface area contributed by atoms with Crippen molar-refractivity contribution in [2.75, 3.05) is 18.5 Å². The molecule has 0 bridgehead atoms. The predicted molar refractivity (Wildman–Crippen MR) is 104 cm³/mol. The second-order valence-corrected chi connectivity index (χ2v) is 7.40. The number of furan rings is 1. The molecule has 2 aromatic heterocycles. The van der Waals surface area contributed by atoms with Crippen LogP contribution in [0, 0.1) is 11.3 Å². The van der Waals surface area contributed by atoms with Gasteiger partial charge in [0.05, 0.1) is 18.7 Å². The zero-order valence-corrected chi connectivity index (χ0v) is 16.0. The lowest BCUT2D eigenvalue weighted by Crippen LogP contribution is -2.35. The van der Waals surface area contributed by atoms with Crippen LogP contribution in [0.25, 0.3) is 11.0 Å². The molecule has 0 aliphatic carbocycles. The van der Waals surface area contributed by atoms with Crippen LogP contribution in [-0.2, 0) is 17.7 Å². The summed E-state index contributed by atoms with van der Waals surface area (Å²) in [5.74, 6) is -0.224. The van der Waals surface area contributed by atoms with Gasteiger partial charge in [0.15, 0.2) is 5.76 Å². The van der Waals surface area contributed by atoms with E-state index in [1.807, 2.05) is 18.2 Å². The summed E-state index contributed by atoms with van der Waals surface area (Å²) in [7, 11) is 0. The number of thiophene rings is 1. The van der Waals surface area contributed by atoms with Crippen LogP contribution in [0.15, 0.2) is 34.7 Å². The molecular weight excluding hydrogens is 378 g/mol. The van der Waals surface area contributed by atoms with E-state index in [0.717, 1.165) is 15.8 Å². The number of nitriles is 1. The lowest BCUT2D eigenvalue weighted by molar-refractivity contribution is 0.0997. The van der Waals surface area contributed by atoms with Gasteiger partial charge in [-0.15, -0.1) is 11.3 Å². The van der Waals surface area contributed by atoms with E-state index in [4.69, 9.17) is 9.15 Å². The first-order valence-electron chi connectivity index (χ1n) is 8.87. The number of fused-ring (bicyclic) bond motifs is 2. The molecule has 1 N–H and O–H groups in total. The molecule has 28 heavy (non-hydrogen) atoms. The fourth-order valence-corrected chi connectivity index (χ4v) is 4.45. The topological polar surface area (TPSA) is 95.6 Å². The van der Waals surface area contributed by atoms with Crippen molar-refractivity contribution in [3.8, 4) is 6.07 Å². The molecule has 3 aromatic rings. The van der Waals surface area contributed by atoms with Crippen molar-refractivity contribution >= 4 is 39.3 Å². The van der Waals surface area contributed by atoms with Gasteiger partial charge in [0.1, 0.15) is 16.7 Å². The summed E-state index contributed by atoms with van der Waals surface area (Å²) >= 11 is 1.31. The van der Waals surface area contributed by atoms with Crippen LogP contribution in [0.1, 0.15) is 33.5 Å². The average Bonchev–Trinajstić information content (AvgIpc) is 3.28. The Kier molecular flexibility index (Phi) is 4.75. The lowest BCUT2D eigenvalue weighted by atomic mass is 10.0. The molecule has 0 fully saturated rings. The summed E-state index contributed by atoms with van der Waals surface area (Å²) in [6.07, 6.45) is 0.182. The summed E-state index contributed by atoms with van der Waals surface area (Å²) in [6.45, 7) is 2.93. The number of hydrogen-bond acceptors (Lipinski definition) is 6. The Morgan fingerprint density at radius 3 is 2.96 bits per heavy atom. The molecule has 0 unspecified atom stereocenters. The van der Waals surface area contributed by atoms with Gasteiger partial charge in [0.25, 0.3) is 5.91 Å². The Hall–Kier alpha value is -3.31. The van der Waals surface area contributed by atoms with Crippen molar-refractivity contribution in [2.45, 2.75) is 19.9 Å². The number of ether oxygens (including phenoxy) is 1. The van der Waals surface area contributed by atoms with Gasteiger partial charge in [0.2, 0.25) is 0 Å². The first kappa shape index (κ1) is 18.1. The van der Waals surface area contributed by atoms with Crippen LogP contribution < -0.4 is 5.32 Å². The van der Waals surface area contributed by atoms with Gasteiger partial charge in [-0.3, -0.25) is 4.79 Å². The Morgan fingerprint density at radius 1 is 1.39 bits per heavy atom. The van der Waals surface area contributed by atoms with Gasteiger partial charge in [-0.25, -0.2) is 4.79 Å². The van der Waals surface area contributed by atoms with Crippen molar-refractivity contribution in [3.63, 3.8) is 0 Å². The molecule has 7 nitrogen and oxygen atoms in total. The highest BCUT2D eigenvalue weighted by Gasteiger charge is 2.28. The third-order valence-corrected chi connectivity index (χ3v) is 5.70. The molecule has 8 heteroatoms. The molecule has 3 heterocycles. The van der Waals surface area contributed by atoms with Crippen molar-refractivity contribution in [2.24, 2.45) is 0 Å². The van der Waals surface area contributed by atoms with Gasteiger partial charge in [-0.1, -0.05) is 18.2 Å². The van der Waals surface area contributed by atoms with Crippen molar-refractivity contribution in [1.29, 1.82) is 5.26 Å². The Bertz CT molecular complexity index is 1080. The molecular formula is C20H17N3O4S. The Morgan fingerprint density at radius 2 is 2.21 bits per heavy atom. The third kappa shape index (κ3) is 3.21. The van der Waals surface area contributed by atoms with Gasteiger partial charge in [-0.2, -0.15) is 5.26 Å². The second kappa shape index (κ2) is 7.37. The monoisotopic (exact) mass is 395 g/mol. The minimum absolute atomic E-state index is 0.185. The summed E-state index contributed by atoms with van der Waals surface area (Å²) in [5.41, 5.74) is 1.96. The standard InChI is InChI=1S/C20H17N3O4S/c1-2-26-20(25)23-8-7-13-14(10-21)19(28-17(13)11-23)22-18(24)16-9-12-5-3-4-6-15(12)27-16/h3-6,9H,2,7-8,11H2,1H3,(H,22,24). The zero-order chi connectivity index (χ0) is 19.7. The van der Waals surface area contributed by atoms with Crippen molar-refractivity contribution < 1.29 is 18.7 Å². The van der Waals surface area contributed by atoms with E-state index in [1.165, 1.54) is 11.3 Å². The molecule has 1 aliphatic rings. The summed E-state index contributed by atoms with van der Waals surface area (Å²) in [6, 6.07) is 11.2. The molecule has 4 rings (SSSR count). The zero-order valence-electron chi connectivity index (χ0n) is 15.2. The van der Waals surface area contributed by atoms with Crippen LogP contribution in [-0.4, -0.2) is 30.1 Å². The highest BCUT2D eigenvalue weighted by Crippen LogP contribution is 2.37. The smallest absolute Gasteiger partial charge is 0.410 e. The number of anilines is 1. The highest BCUT2D eigenvalue weighted by molar-refractivity contribution is 7.16. The summed E-state index contributed by atoms with van der Waals surface area (Å²) in [4.78, 5) is 27.1. The number of para-hydroxylation sites is 1. The van der Waals surface area contributed by atoms with E-state index >= 15 is 0 Å². The maximum absolute atomic E-state index is 12.6. The minimum Gasteiger partial charge on any atom is -0.451 e. The Labute approximate surface area is 165 Å². The summed E-state index contributed by atoms with van der Waals surface area (Å²) in [5, 5.41) is 13.7.